The molecule has 1 heterocycles. The standard InChI is InChI=1S/C12H16O3/c1-2-3-10(7-13)9-4-5-11-12(6-9)15-8-14-11/h4-6,10,13H,2-3,7-8H2,1H3. The summed E-state index contributed by atoms with van der Waals surface area (Å²) in [6, 6.07) is 5.89. The highest BCUT2D eigenvalue weighted by Gasteiger charge is 2.16. The van der Waals surface area contributed by atoms with Crippen LogP contribution in [0.1, 0.15) is 31.2 Å². The molecule has 3 nitrogen and oxygen atoms in total. The van der Waals surface area contributed by atoms with Gasteiger partial charge in [-0.3, -0.25) is 0 Å². The highest BCUT2D eigenvalue weighted by Crippen LogP contribution is 2.35. The molecular weight excluding hydrogens is 192 g/mol. The van der Waals surface area contributed by atoms with Crippen LogP contribution in [0.3, 0.4) is 0 Å². The van der Waals surface area contributed by atoms with Crippen molar-refractivity contribution in [2.24, 2.45) is 0 Å². The van der Waals surface area contributed by atoms with E-state index in [1.165, 1.54) is 0 Å². The van der Waals surface area contributed by atoms with Crippen molar-refractivity contribution >= 4 is 0 Å². The van der Waals surface area contributed by atoms with E-state index in [9.17, 15) is 5.11 Å². The van der Waals surface area contributed by atoms with Gasteiger partial charge in [0.1, 0.15) is 0 Å². The van der Waals surface area contributed by atoms with Gasteiger partial charge in [0.05, 0.1) is 0 Å². The summed E-state index contributed by atoms with van der Waals surface area (Å²) in [6.07, 6.45) is 2.07. The number of hydrogen-bond acceptors (Lipinski definition) is 3. The van der Waals surface area contributed by atoms with E-state index in [1.807, 2.05) is 18.2 Å². The van der Waals surface area contributed by atoms with Crippen LogP contribution >= 0.6 is 0 Å². The molecule has 15 heavy (non-hydrogen) atoms. The van der Waals surface area contributed by atoms with Crippen molar-refractivity contribution in [3.63, 3.8) is 0 Å². The van der Waals surface area contributed by atoms with Gasteiger partial charge in [-0.15, -0.1) is 0 Å². The summed E-state index contributed by atoms with van der Waals surface area (Å²) < 4.78 is 10.6. The van der Waals surface area contributed by atoms with E-state index in [1.54, 1.807) is 0 Å². The lowest BCUT2D eigenvalue weighted by Gasteiger charge is -2.13. The molecule has 0 saturated heterocycles. The summed E-state index contributed by atoms with van der Waals surface area (Å²) in [5.41, 5.74) is 1.13. The van der Waals surface area contributed by atoms with Crippen LogP contribution in [0.4, 0.5) is 0 Å². The molecule has 0 aliphatic carbocycles. The second-order valence-corrected chi connectivity index (χ2v) is 3.78. The number of rotatable bonds is 4. The van der Waals surface area contributed by atoms with Gasteiger partial charge in [0.15, 0.2) is 11.5 Å². The minimum absolute atomic E-state index is 0.188. The predicted octanol–water partition coefficient (Wildman–Crippen LogP) is 2.29. The van der Waals surface area contributed by atoms with Crippen LogP contribution in [-0.2, 0) is 0 Å². The molecule has 0 bridgehead atoms. The average Bonchev–Trinajstić information content (AvgIpc) is 2.72. The first-order valence-electron chi connectivity index (χ1n) is 5.35. The van der Waals surface area contributed by atoms with Gasteiger partial charge in [0.25, 0.3) is 0 Å². The average molecular weight is 208 g/mol. The Morgan fingerprint density at radius 1 is 1.33 bits per heavy atom. The summed E-state index contributed by atoms with van der Waals surface area (Å²) >= 11 is 0. The molecule has 1 atom stereocenters. The van der Waals surface area contributed by atoms with E-state index in [4.69, 9.17) is 9.47 Å². The van der Waals surface area contributed by atoms with Crippen LogP contribution < -0.4 is 9.47 Å². The van der Waals surface area contributed by atoms with Crippen LogP contribution in [-0.4, -0.2) is 18.5 Å². The Hall–Kier alpha value is -1.22. The van der Waals surface area contributed by atoms with Gasteiger partial charge in [-0.2, -0.15) is 0 Å². The molecular formula is C12H16O3. The molecule has 1 aliphatic rings. The number of benzene rings is 1. The van der Waals surface area contributed by atoms with Gasteiger partial charge in [-0.05, 0) is 24.1 Å². The Kier molecular flexibility index (Phi) is 3.11. The molecule has 1 unspecified atom stereocenters. The Bertz CT molecular complexity index is 336. The van der Waals surface area contributed by atoms with Gasteiger partial charge in [-0.25, -0.2) is 0 Å². The molecule has 1 aliphatic heterocycles. The predicted molar refractivity (Wildman–Crippen MR) is 57.3 cm³/mol. The minimum atomic E-state index is 0.188. The smallest absolute Gasteiger partial charge is 0.231 e. The van der Waals surface area contributed by atoms with E-state index < -0.39 is 0 Å². The number of ether oxygens (including phenoxy) is 2. The van der Waals surface area contributed by atoms with Crippen LogP contribution in [0.5, 0.6) is 11.5 Å². The van der Waals surface area contributed by atoms with Crippen LogP contribution in [0.2, 0.25) is 0 Å². The number of fused-ring (bicyclic) bond motifs is 1. The third-order valence-corrected chi connectivity index (χ3v) is 2.73. The quantitative estimate of drug-likeness (QED) is 0.825. The molecule has 0 spiro atoms. The lowest BCUT2D eigenvalue weighted by atomic mass is 9.95. The van der Waals surface area contributed by atoms with Crippen LogP contribution in [0.15, 0.2) is 18.2 Å². The van der Waals surface area contributed by atoms with Gasteiger partial charge in [-0.1, -0.05) is 19.4 Å². The topological polar surface area (TPSA) is 38.7 Å². The number of aliphatic hydroxyl groups excluding tert-OH is 1. The Morgan fingerprint density at radius 2 is 2.13 bits per heavy atom. The number of aliphatic hydroxyl groups is 1. The first-order valence-corrected chi connectivity index (χ1v) is 5.35. The molecule has 82 valence electrons. The molecule has 2 rings (SSSR count). The maximum Gasteiger partial charge on any atom is 0.231 e. The summed E-state index contributed by atoms with van der Waals surface area (Å²) in [7, 11) is 0. The lowest BCUT2D eigenvalue weighted by molar-refractivity contribution is 0.174. The Balaban J connectivity index is 2.20. The SMILES string of the molecule is CCCC(CO)c1ccc2c(c1)OCO2. The summed E-state index contributed by atoms with van der Waals surface area (Å²) in [5.74, 6) is 1.80. The van der Waals surface area contributed by atoms with E-state index in [0.29, 0.717) is 6.79 Å². The molecule has 0 radical (unpaired) electrons. The maximum atomic E-state index is 9.29. The minimum Gasteiger partial charge on any atom is -0.454 e. The molecule has 1 aromatic carbocycles. The van der Waals surface area contributed by atoms with Crippen LogP contribution in [0.25, 0.3) is 0 Å². The van der Waals surface area contributed by atoms with Crippen molar-refractivity contribution in [3.05, 3.63) is 23.8 Å². The molecule has 0 amide bonds. The molecule has 0 fully saturated rings. The first kappa shape index (κ1) is 10.3. The lowest BCUT2D eigenvalue weighted by Crippen LogP contribution is -2.03. The fourth-order valence-corrected chi connectivity index (χ4v) is 1.88. The molecule has 1 N–H and O–H groups in total. The van der Waals surface area contributed by atoms with Crippen molar-refractivity contribution in [3.8, 4) is 11.5 Å². The summed E-state index contributed by atoms with van der Waals surface area (Å²) in [4.78, 5) is 0. The zero-order valence-corrected chi connectivity index (χ0v) is 8.90. The normalized spacial score (nSPS) is 15.3. The zero-order chi connectivity index (χ0) is 10.7. The Labute approximate surface area is 89.6 Å². The molecule has 0 aromatic heterocycles. The molecule has 0 saturated carbocycles. The van der Waals surface area contributed by atoms with Crippen molar-refractivity contribution in [1.29, 1.82) is 0 Å². The largest absolute Gasteiger partial charge is 0.454 e. The first-order chi connectivity index (χ1) is 7.35. The second-order valence-electron chi connectivity index (χ2n) is 3.78. The number of hydrogen-bond donors (Lipinski definition) is 1. The summed E-state index contributed by atoms with van der Waals surface area (Å²) in [5, 5.41) is 9.29. The Morgan fingerprint density at radius 3 is 2.87 bits per heavy atom. The van der Waals surface area contributed by atoms with Gasteiger partial charge in [0, 0.05) is 12.5 Å². The molecule has 1 aromatic rings. The maximum absolute atomic E-state index is 9.29. The highest BCUT2D eigenvalue weighted by molar-refractivity contribution is 5.45. The molecule has 3 heteroatoms. The third-order valence-electron chi connectivity index (χ3n) is 2.73. The van der Waals surface area contributed by atoms with E-state index >= 15 is 0 Å². The zero-order valence-electron chi connectivity index (χ0n) is 8.90. The van der Waals surface area contributed by atoms with Crippen LogP contribution in [0, 0.1) is 0 Å². The highest BCUT2D eigenvalue weighted by atomic mass is 16.7. The van der Waals surface area contributed by atoms with Crippen molar-refractivity contribution in [2.45, 2.75) is 25.7 Å². The van der Waals surface area contributed by atoms with E-state index in [0.717, 1.165) is 29.9 Å². The van der Waals surface area contributed by atoms with Crippen molar-refractivity contribution in [2.75, 3.05) is 13.4 Å². The summed E-state index contributed by atoms with van der Waals surface area (Å²) in [6.45, 7) is 2.61. The monoisotopic (exact) mass is 208 g/mol. The van der Waals surface area contributed by atoms with Gasteiger partial charge in [0.2, 0.25) is 6.79 Å². The van der Waals surface area contributed by atoms with E-state index in [2.05, 4.69) is 6.92 Å². The second kappa shape index (κ2) is 4.53. The van der Waals surface area contributed by atoms with Crippen molar-refractivity contribution < 1.29 is 14.6 Å². The van der Waals surface area contributed by atoms with E-state index in [-0.39, 0.29) is 12.5 Å². The third kappa shape index (κ3) is 2.07. The van der Waals surface area contributed by atoms with Gasteiger partial charge < -0.3 is 14.6 Å². The fourth-order valence-electron chi connectivity index (χ4n) is 1.88. The van der Waals surface area contributed by atoms with Gasteiger partial charge >= 0.3 is 0 Å². The fraction of sp³-hybridized carbons (Fsp3) is 0.500. The van der Waals surface area contributed by atoms with Crippen molar-refractivity contribution in [1.82, 2.24) is 0 Å².